The van der Waals surface area contributed by atoms with Gasteiger partial charge in [0.1, 0.15) is 5.82 Å². The smallest absolute Gasteiger partial charge is 0.379 e. The Morgan fingerprint density at radius 2 is 2.15 bits per heavy atom. The van der Waals surface area contributed by atoms with Crippen LogP contribution in [0.5, 0.6) is 0 Å². The van der Waals surface area contributed by atoms with Gasteiger partial charge >= 0.3 is 6.18 Å². The summed E-state index contributed by atoms with van der Waals surface area (Å²) in [5.74, 6) is 0.114. The molecule has 1 aromatic rings. The van der Waals surface area contributed by atoms with Crippen molar-refractivity contribution in [3.63, 3.8) is 0 Å². The SMILES string of the molecule is CCNc1nc(NC2(C)CCOC2)cc(C(F)(F)F)n1. The Labute approximate surface area is 114 Å². The molecule has 1 atom stereocenters. The van der Waals surface area contributed by atoms with Crippen molar-refractivity contribution < 1.29 is 17.9 Å². The summed E-state index contributed by atoms with van der Waals surface area (Å²) in [5.41, 5.74) is -1.37. The van der Waals surface area contributed by atoms with E-state index in [-0.39, 0.29) is 11.8 Å². The Morgan fingerprint density at radius 1 is 1.40 bits per heavy atom. The number of hydrogen-bond acceptors (Lipinski definition) is 5. The van der Waals surface area contributed by atoms with Gasteiger partial charge in [0.05, 0.1) is 12.1 Å². The molecule has 0 bridgehead atoms. The predicted molar refractivity (Wildman–Crippen MR) is 68.7 cm³/mol. The minimum atomic E-state index is -4.50. The van der Waals surface area contributed by atoms with Gasteiger partial charge in [-0.25, -0.2) is 4.98 Å². The Balaban J connectivity index is 2.29. The lowest BCUT2D eigenvalue weighted by atomic mass is 10.0. The van der Waals surface area contributed by atoms with E-state index in [2.05, 4.69) is 20.6 Å². The number of anilines is 2. The highest BCUT2D eigenvalue weighted by molar-refractivity contribution is 5.45. The van der Waals surface area contributed by atoms with E-state index in [0.29, 0.717) is 19.8 Å². The molecule has 1 unspecified atom stereocenters. The molecule has 1 fully saturated rings. The molecule has 0 spiro atoms. The van der Waals surface area contributed by atoms with Crippen molar-refractivity contribution in [2.75, 3.05) is 30.4 Å². The van der Waals surface area contributed by atoms with Gasteiger partial charge in [-0.1, -0.05) is 0 Å². The van der Waals surface area contributed by atoms with Crippen LogP contribution in [0.15, 0.2) is 6.07 Å². The quantitative estimate of drug-likeness (QED) is 0.892. The van der Waals surface area contributed by atoms with Crippen LogP contribution in [0.2, 0.25) is 0 Å². The van der Waals surface area contributed by atoms with Gasteiger partial charge in [0, 0.05) is 19.2 Å². The Hall–Kier alpha value is -1.57. The molecule has 0 amide bonds. The monoisotopic (exact) mass is 290 g/mol. The Morgan fingerprint density at radius 3 is 2.70 bits per heavy atom. The van der Waals surface area contributed by atoms with E-state index in [0.717, 1.165) is 12.5 Å². The highest BCUT2D eigenvalue weighted by Crippen LogP contribution is 2.31. The highest BCUT2D eigenvalue weighted by atomic mass is 19.4. The van der Waals surface area contributed by atoms with E-state index in [1.54, 1.807) is 6.92 Å². The first-order chi connectivity index (χ1) is 9.32. The minimum absolute atomic E-state index is 0.0349. The largest absolute Gasteiger partial charge is 0.433 e. The molecule has 1 aromatic heterocycles. The first-order valence-corrected chi connectivity index (χ1v) is 6.38. The summed E-state index contributed by atoms with van der Waals surface area (Å²) in [7, 11) is 0. The maximum atomic E-state index is 12.8. The lowest BCUT2D eigenvalue weighted by Crippen LogP contribution is -2.35. The highest BCUT2D eigenvalue weighted by Gasteiger charge is 2.35. The average Bonchev–Trinajstić information content (AvgIpc) is 2.74. The first-order valence-electron chi connectivity index (χ1n) is 6.38. The number of aromatic nitrogens is 2. The third kappa shape index (κ3) is 3.50. The number of ether oxygens (including phenoxy) is 1. The third-order valence-corrected chi connectivity index (χ3v) is 3.00. The van der Waals surface area contributed by atoms with E-state index in [9.17, 15) is 13.2 Å². The van der Waals surface area contributed by atoms with E-state index in [4.69, 9.17) is 4.74 Å². The molecule has 8 heteroatoms. The lowest BCUT2D eigenvalue weighted by Gasteiger charge is -2.24. The van der Waals surface area contributed by atoms with Crippen LogP contribution in [0.4, 0.5) is 24.9 Å². The van der Waals surface area contributed by atoms with Gasteiger partial charge in [0.2, 0.25) is 5.95 Å². The van der Waals surface area contributed by atoms with Gasteiger partial charge in [-0.15, -0.1) is 0 Å². The minimum Gasteiger partial charge on any atom is -0.379 e. The molecule has 0 radical (unpaired) electrons. The van der Waals surface area contributed by atoms with Crippen molar-refractivity contribution in [1.29, 1.82) is 0 Å². The molecule has 112 valence electrons. The molecule has 0 saturated carbocycles. The van der Waals surface area contributed by atoms with Crippen LogP contribution in [0.1, 0.15) is 26.0 Å². The number of hydrogen-bond donors (Lipinski definition) is 2. The Bertz CT molecular complexity index is 472. The van der Waals surface area contributed by atoms with Crippen LogP contribution in [0.3, 0.4) is 0 Å². The fourth-order valence-corrected chi connectivity index (χ4v) is 1.97. The maximum absolute atomic E-state index is 12.8. The Kier molecular flexibility index (Phi) is 4.03. The van der Waals surface area contributed by atoms with Gasteiger partial charge in [0.15, 0.2) is 5.69 Å². The second-order valence-electron chi connectivity index (χ2n) is 4.98. The number of nitrogens with zero attached hydrogens (tertiary/aromatic N) is 2. The van der Waals surface area contributed by atoms with Crippen molar-refractivity contribution in [2.45, 2.75) is 32.0 Å². The summed E-state index contributed by atoms with van der Waals surface area (Å²) >= 11 is 0. The van der Waals surface area contributed by atoms with Crippen molar-refractivity contribution in [2.24, 2.45) is 0 Å². The van der Waals surface area contributed by atoms with E-state index in [1.807, 2.05) is 6.92 Å². The second-order valence-corrected chi connectivity index (χ2v) is 4.98. The standard InChI is InChI=1S/C12H17F3N4O/c1-3-16-10-17-8(12(13,14)15)6-9(18-10)19-11(2)4-5-20-7-11/h6H,3-5,7H2,1-2H3,(H2,16,17,18,19). The molecular formula is C12H17F3N4O. The molecule has 1 saturated heterocycles. The van der Waals surface area contributed by atoms with Crippen LogP contribution in [0, 0.1) is 0 Å². The van der Waals surface area contributed by atoms with E-state index < -0.39 is 17.4 Å². The molecule has 2 N–H and O–H groups in total. The first kappa shape index (κ1) is 14.8. The van der Waals surface area contributed by atoms with Crippen LogP contribution in [-0.2, 0) is 10.9 Å². The fraction of sp³-hybridized carbons (Fsp3) is 0.667. The lowest BCUT2D eigenvalue weighted by molar-refractivity contribution is -0.141. The van der Waals surface area contributed by atoms with Crippen molar-refractivity contribution in [1.82, 2.24) is 9.97 Å². The molecule has 5 nitrogen and oxygen atoms in total. The molecule has 0 aliphatic carbocycles. The number of rotatable bonds is 4. The van der Waals surface area contributed by atoms with Gasteiger partial charge in [-0.05, 0) is 20.3 Å². The third-order valence-electron chi connectivity index (χ3n) is 3.00. The molecule has 1 aliphatic heterocycles. The molecule has 2 heterocycles. The summed E-state index contributed by atoms with van der Waals surface area (Å²) in [6.07, 6.45) is -3.79. The van der Waals surface area contributed by atoms with Crippen molar-refractivity contribution >= 4 is 11.8 Å². The maximum Gasteiger partial charge on any atom is 0.433 e. The van der Waals surface area contributed by atoms with Gasteiger partial charge < -0.3 is 15.4 Å². The molecule has 2 rings (SSSR count). The molecular weight excluding hydrogens is 273 g/mol. The van der Waals surface area contributed by atoms with E-state index in [1.165, 1.54) is 0 Å². The van der Waals surface area contributed by atoms with Crippen LogP contribution in [0.25, 0.3) is 0 Å². The zero-order valence-electron chi connectivity index (χ0n) is 11.3. The van der Waals surface area contributed by atoms with Crippen LogP contribution < -0.4 is 10.6 Å². The van der Waals surface area contributed by atoms with Gasteiger partial charge in [0.25, 0.3) is 0 Å². The van der Waals surface area contributed by atoms with E-state index >= 15 is 0 Å². The van der Waals surface area contributed by atoms with Crippen molar-refractivity contribution in [3.8, 4) is 0 Å². The number of alkyl halides is 3. The van der Waals surface area contributed by atoms with Crippen molar-refractivity contribution in [3.05, 3.63) is 11.8 Å². The van der Waals surface area contributed by atoms with Gasteiger partial charge in [-0.2, -0.15) is 18.2 Å². The van der Waals surface area contributed by atoms with Crippen LogP contribution >= 0.6 is 0 Å². The fourth-order valence-electron chi connectivity index (χ4n) is 1.97. The zero-order chi connectivity index (χ0) is 14.8. The zero-order valence-corrected chi connectivity index (χ0v) is 11.3. The topological polar surface area (TPSA) is 59.1 Å². The summed E-state index contributed by atoms with van der Waals surface area (Å²) < 4.78 is 43.7. The summed E-state index contributed by atoms with van der Waals surface area (Å²) in [6.45, 7) is 5.13. The molecule has 20 heavy (non-hydrogen) atoms. The number of halogens is 3. The molecule has 0 aromatic carbocycles. The summed E-state index contributed by atoms with van der Waals surface area (Å²) in [4.78, 5) is 7.53. The molecule has 1 aliphatic rings. The number of nitrogens with one attached hydrogen (secondary N) is 2. The predicted octanol–water partition coefficient (Wildman–Crippen LogP) is 2.52. The normalized spacial score (nSPS) is 22.9. The summed E-state index contributed by atoms with van der Waals surface area (Å²) in [5, 5.41) is 5.72. The second kappa shape index (κ2) is 5.43. The average molecular weight is 290 g/mol. The van der Waals surface area contributed by atoms with Gasteiger partial charge in [-0.3, -0.25) is 0 Å². The summed E-state index contributed by atoms with van der Waals surface area (Å²) in [6, 6.07) is 0.921. The van der Waals surface area contributed by atoms with Crippen LogP contribution in [-0.4, -0.2) is 35.3 Å².